The van der Waals surface area contributed by atoms with E-state index in [1.807, 2.05) is 31.2 Å². The molecule has 1 aromatic rings. The first-order valence-corrected chi connectivity index (χ1v) is 5.52. The third-order valence-electron chi connectivity index (χ3n) is 2.54. The van der Waals surface area contributed by atoms with E-state index in [2.05, 4.69) is 10.6 Å². The molecule has 1 unspecified atom stereocenters. The van der Waals surface area contributed by atoms with Gasteiger partial charge in [0.1, 0.15) is 5.75 Å². The van der Waals surface area contributed by atoms with Crippen molar-refractivity contribution in [2.75, 3.05) is 6.61 Å². The molecule has 1 atom stereocenters. The smallest absolute Gasteiger partial charge is 0.321 e. The van der Waals surface area contributed by atoms with Crippen LogP contribution < -0.4 is 15.4 Å². The summed E-state index contributed by atoms with van der Waals surface area (Å²) in [5.74, 6) is 0.524. The summed E-state index contributed by atoms with van der Waals surface area (Å²) >= 11 is 0. The summed E-state index contributed by atoms with van der Waals surface area (Å²) in [7, 11) is 0. The standard InChI is InChI=1S/C12H14N2O3/c1-2-17-9-5-3-8(4-6-9)10-7-11(15)14-12(16)13-10/h3-6,10H,2,7H2,1H3,(H2,13,14,15,16). The molecule has 1 saturated heterocycles. The number of hydrogen-bond donors (Lipinski definition) is 2. The van der Waals surface area contributed by atoms with Crippen molar-refractivity contribution in [3.8, 4) is 5.75 Å². The molecule has 5 heteroatoms. The molecule has 3 amide bonds. The highest BCUT2D eigenvalue weighted by Crippen LogP contribution is 2.21. The van der Waals surface area contributed by atoms with Crippen molar-refractivity contribution < 1.29 is 14.3 Å². The highest BCUT2D eigenvalue weighted by molar-refractivity contribution is 5.97. The lowest BCUT2D eigenvalue weighted by Gasteiger charge is -2.23. The van der Waals surface area contributed by atoms with Gasteiger partial charge in [-0.2, -0.15) is 0 Å². The van der Waals surface area contributed by atoms with Gasteiger partial charge in [-0.05, 0) is 24.6 Å². The van der Waals surface area contributed by atoms with Crippen LogP contribution in [-0.2, 0) is 4.79 Å². The van der Waals surface area contributed by atoms with Crippen LogP contribution in [0.25, 0.3) is 0 Å². The van der Waals surface area contributed by atoms with Gasteiger partial charge in [-0.25, -0.2) is 4.79 Å². The lowest BCUT2D eigenvalue weighted by molar-refractivity contribution is -0.121. The van der Waals surface area contributed by atoms with Crippen molar-refractivity contribution in [1.82, 2.24) is 10.6 Å². The molecule has 1 aliphatic rings. The Labute approximate surface area is 99.2 Å². The number of hydrogen-bond acceptors (Lipinski definition) is 3. The largest absolute Gasteiger partial charge is 0.494 e. The minimum atomic E-state index is -0.444. The van der Waals surface area contributed by atoms with Gasteiger partial charge in [-0.15, -0.1) is 0 Å². The Balaban J connectivity index is 2.11. The van der Waals surface area contributed by atoms with E-state index < -0.39 is 6.03 Å². The molecule has 1 aliphatic heterocycles. The molecule has 90 valence electrons. The van der Waals surface area contributed by atoms with Gasteiger partial charge in [0.15, 0.2) is 0 Å². The Bertz CT molecular complexity index is 412. The highest BCUT2D eigenvalue weighted by Gasteiger charge is 2.24. The van der Waals surface area contributed by atoms with Gasteiger partial charge in [-0.3, -0.25) is 10.1 Å². The number of ether oxygens (including phenoxy) is 1. The summed E-state index contributed by atoms with van der Waals surface area (Å²) in [6.07, 6.45) is 0.264. The predicted octanol–water partition coefficient (Wildman–Crippen LogP) is 1.36. The molecule has 0 spiro atoms. The van der Waals surface area contributed by atoms with Crippen LogP contribution >= 0.6 is 0 Å². The quantitative estimate of drug-likeness (QED) is 0.829. The number of amides is 3. The molecule has 5 nitrogen and oxygen atoms in total. The van der Waals surface area contributed by atoms with Crippen LogP contribution in [0.4, 0.5) is 4.79 Å². The SMILES string of the molecule is CCOc1ccc(C2CC(=O)NC(=O)N2)cc1. The molecule has 1 aromatic carbocycles. The van der Waals surface area contributed by atoms with Crippen LogP contribution in [0.2, 0.25) is 0 Å². The number of carbonyl (C=O) groups is 2. The lowest BCUT2D eigenvalue weighted by atomic mass is 10.0. The van der Waals surface area contributed by atoms with Crippen LogP contribution in [0.15, 0.2) is 24.3 Å². The van der Waals surface area contributed by atoms with Gasteiger partial charge in [-0.1, -0.05) is 12.1 Å². The van der Waals surface area contributed by atoms with Crippen molar-refractivity contribution in [3.05, 3.63) is 29.8 Å². The number of imide groups is 1. The molecule has 0 radical (unpaired) electrons. The maximum Gasteiger partial charge on any atom is 0.321 e. The van der Waals surface area contributed by atoms with Crippen molar-refractivity contribution in [2.24, 2.45) is 0 Å². The van der Waals surface area contributed by atoms with Crippen LogP contribution in [0, 0.1) is 0 Å². The monoisotopic (exact) mass is 234 g/mol. The zero-order valence-corrected chi connectivity index (χ0v) is 9.53. The summed E-state index contributed by atoms with van der Waals surface area (Å²) in [6, 6.07) is 6.67. The molecule has 2 rings (SSSR count). The third-order valence-corrected chi connectivity index (χ3v) is 2.54. The summed E-state index contributed by atoms with van der Waals surface area (Å²) < 4.78 is 5.32. The first-order valence-electron chi connectivity index (χ1n) is 5.52. The number of carbonyl (C=O) groups excluding carboxylic acids is 2. The zero-order valence-electron chi connectivity index (χ0n) is 9.53. The minimum Gasteiger partial charge on any atom is -0.494 e. The second kappa shape index (κ2) is 4.86. The summed E-state index contributed by atoms with van der Waals surface area (Å²) in [6.45, 7) is 2.53. The number of urea groups is 1. The van der Waals surface area contributed by atoms with Gasteiger partial charge in [0.2, 0.25) is 5.91 Å². The van der Waals surface area contributed by atoms with Gasteiger partial charge in [0, 0.05) is 0 Å². The Morgan fingerprint density at radius 1 is 1.29 bits per heavy atom. The van der Waals surface area contributed by atoms with E-state index in [4.69, 9.17) is 4.74 Å². The van der Waals surface area contributed by atoms with E-state index in [-0.39, 0.29) is 18.4 Å². The van der Waals surface area contributed by atoms with E-state index in [1.54, 1.807) is 0 Å². The molecule has 1 heterocycles. The molecule has 2 N–H and O–H groups in total. The fourth-order valence-electron chi connectivity index (χ4n) is 1.77. The summed E-state index contributed by atoms with van der Waals surface area (Å²) in [5, 5.41) is 4.90. The zero-order chi connectivity index (χ0) is 12.3. The van der Waals surface area contributed by atoms with Gasteiger partial charge in [0.25, 0.3) is 0 Å². The van der Waals surface area contributed by atoms with Crippen molar-refractivity contribution in [3.63, 3.8) is 0 Å². The average molecular weight is 234 g/mol. The second-order valence-electron chi connectivity index (χ2n) is 3.78. The molecule has 17 heavy (non-hydrogen) atoms. The Kier molecular flexibility index (Phi) is 3.27. The topological polar surface area (TPSA) is 67.4 Å². The maximum absolute atomic E-state index is 11.2. The van der Waals surface area contributed by atoms with Crippen LogP contribution in [0.1, 0.15) is 24.9 Å². The third kappa shape index (κ3) is 2.75. The first kappa shape index (κ1) is 11.4. The maximum atomic E-state index is 11.2. The van der Waals surface area contributed by atoms with Gasteiger partial charge in [0.05, 0.1) is 19.1 Å². The molecular weight excluding hydrogens is 220 g/mol. The fourth-order valence-corrected chi connectivity index (χ4v) is 1.77. The average Bonchev–Trinajstić information content (AvgIpc) is 2.29. The highest BCUT2D eigenvalue weighted by atomic mass is 16.5. The predicted molar refractivity (Wildman–Crippen MR) is 61.6 cm³/mol. The molecular formula is C12H14N2O3. The summed E-state index contributed by atoms with van der Waals surface area (Å²) in [5.41, 5.74) is 0.900. The minimum absolute atomic E-state index is 0.257. The fraction of sp³-hybridized carbons (Fsp3) is 0.333. The van der Waals surface area contributed by atoms with E-state index in [9.17, 15) is 9.59 Å². The first-order chi connectivity index (χ1) is 8.19. The molecule has 0 saturated carbocycles. The molecule has 0 bridgehead atoms. The molecule has 0 aliphatic carbocycles. The van der Waals surface area contributed by atoms with Gasteiger partial charge >= 0.3 is 6.03 Å². The van der Waals surface area contributed by atoms with Gasteiger partial charge < -0.3 is 10.1 Å². The summed E-state index contributed by atoms with van der Waals surface area (Å²) in [4.78, 5) is 22.4. The van der Waals surface area contributed by atoms with Crippen LogP contribution in [-0.4, -0.2) is 18.5 Å². The van der Waals surface area contributed by atoms with Crippen molar-refractivity contribution in [1.29, 1.82) is 0 Å². The Morgan fingerprint density at radius 2 is 2.00 bits per heavy atom. The van der Waals surface area contributed by atoms with E-state index in [1.165, 1.54) is 0 Å². The second-order valence-corrected chi connectivity index (χ2v) is 3.78. The molecule has 0 aromatic heterocycles. The normalized spacial score (nSPS) is 19.5. The number of nitrogens with one attached hydrogen (secondary N) is 2. The lowest BCUT2D eigenvalue weighted by Crippen LogP contribution is -2.48. The van der Waals surface area contributed by atoms with E-state index in [0.29, 0.717) is 6.61 Å². The number of rotatable bonds is 3. The van der Waals surface area contributed by atoms with Crippen molar-refractivity contribution >= 4 is 11.9 Å². The Hall–Kier alpha value is -2.04. The molecule has 1 fully saturated rings. The van der Waals surface area contributed by atoms with Crippen LogP contribution in [0.3, 0.4) is 0 Å². The van der Waals surface area contributed by atoms with E-state index in [0.717, 1.165) is 11.3 Å². The Morgan fingerprint density at radius 3 is 2.59 bits per heavy atom. The van der Waals surface area contributed by atoms with E-state index >= 15 is 0 Å². The van der Waals surface area contributed by atoms with Crippen LogP contribution in [0.5, 0.6) is 5.75 Å². The number of benzene rings is 1. The van der Waals surface area contributed by atoms with Crippen molar-refractivity contribution in [2.45, 2.75) is 19.4 Å².